The molecule has 1 amide bonds. The van der Waals surface area contributed by atoms with E-state index in [9.17, 15) is 9.90 Å². The van der Waals surface area contributed by atoms with Gasteiger partial charge in [0.1, 0.15) is 5.75 Å². The fourth-order valence-corrected chi connectivity index (χ4v) is 2.52. The van der Waals surface area contributed by atoms with E-state index in [2.05, 4.69) is 10.6 Å². The number of phenols is 1. The first-order chi connectivity index (χ1) is 10.8. The molecule has 120 valence electrons. The number of aryl methyl sites for hydroxylation is 2. The van der Waals surface area contributed by atoms with E-state index in [-0.39, 0.29) is 23.2 Å². The summed E-state index contributed by atoms with van der Waals surface area (Å²) in [4.78, 5) is 12.0. The number of carbonyl (C=O) groups is 1. The van der Waals surface area contributed by atoms with Crippen LogP contribution in [0.1, 0.15) is 16.7 Å². The van der Waals surface area contributed by atoms with Crippen LogP contribution >= 0.6 is 23.8 Å². The molecule has 0 heterocycles. The molecule has 0 spiro atoms. The summed E-state index contributed by atoms with van der Waals surface area (Å²) in [6.07, 6.45) is 0.192. The lowest BCUT2D eigenvalue weighted by atomic mass is 10.1. The van der Waals surface area contributed by atoms with Crippen molar-refractivity contribution in [3.8, 4) is 5.75 Å². The lowest BCUT2D eigenvalue weighted by Gasteiger charge is -2.13. The summed E-state index contributed by atoms with van der Waals surface area (Å²) in [5, 5.41) is 16.2. The van der Waals surface area contributed by atoms with E-state index in [1.54, 1.807) is 37.3 Å². The highest BCUT2D eigenvalue weighted by Crippen LogP contribution is 2.28. The first kappa shape index (κ1) is 17.2. The zero-order valence-electron chi connectivity index (χ0n) is 12.8. The van der Waals surface area contributed by atoms with Gasteiger partial charge in [0.15, 0.2) is 5.11 Å². The maximum Gasteiger partial charge on any atom is 0.230 e. The van der Waals surface area contributed by atoms with Crippen LogP contribution in [0.25, 0.3) is 0 Å². The first-order valence-electron chi connectivity index (χ1n) is 7.00. The predicted octanol–water partition coefficient (Wildman–Crippen LogP) is 3.72. The minimum atomic E-state index is -0.242. The molecule has 2 aromatic rings. The lowest BCUT2D eigenvalue weighted by molar-refractivity contribution is -0.119. The number of hydrogen-bond donors (Lipinski definition) is 3. The monoisotopic (exact) mass is 348 g/mol. The molecule has 23 heavy (non-hydrogen) atoms. The van der Waals surface area contributed by atoms with Crippen molar-refractivity contribution >= 4 is 40.5 Å². The molecule has 2 rings (SSSR count). The van der Waals surface area contributed by atoms with Gasteiger partial charge in [0.05, 0.1) is 12.1 Å². The standard InChI is InChI=1S/C17H17ClN2O2S/c1-10-7-11(2)16(22)14(8-10)19-17(23)20-15(21)9-12-3-5-13(18)6-4-12/h3-8,22H,9H2,1-2H3,(H2,19,20,21,23). The van der Waals surface area contributed by atoms with Crippen LogP contribution < -0.4 is 10.6 Å². The molecule has 0 aliphatic heterocycles. The van der Waals surface area contributed by atoms with Crippen LogP contribution in [-0.2, 0) is 11.2 Å². The fourth-order valence-electron chi connectivity index (χ4n) is 2.17. The molecule has 0 fully saturated rings. The van der Waals surface area contributed by atoms with Crippen LogP contribution in [0, 0.1) is 13.8 Å². The SMILES string of the molecule is Cc1cc(C)c(O)c(NC(=S)NC(=O)Cc2ccc(Cl)cc2)c1. The van der Waals surface area contributed by atoms with Crippen LogP contribution in [0.4, 0.5) is 5.69 Å². The quantitative estimate of drug-likeness (QED) is 0.584. The van der Waals surface area contributed by atoms with Gasteiger partial charge >= 0.3 is 0 Å². The summed E-state index contributed by atoms with van der Waals surface area (Å²) >= 11 is 10.9. The maximum absolute atomic E-state index is 12.0. The van der Waals surface area contributed by atoms with Gasteiger partial charge in [0.25, 0.3) is 0 Å². The van der Waals surface area contributed by atoms with E-state index in [0.717, 1.165) is 16.7 Å². The van der Waals surface area contributed by atoms with Gasteiger partial charge in [-0.2, -0.15) is 0 Å². The van der Waals surface area contributed by atoms with E-state index >= 15 is 0 Å². The van der Waals surface area contributed by atoms with Gasteiger partial charge in [-0.3, -0.25) is 4.79 Å². The molecule has 0 bridgehead atoms. The minimum absolute atomic E-state index is 0.116. The second-order valence-corrected chi connectivity index (χ2v) is 6.13. The van der Waals surface area contributed by atoms with Crippen LogP contribution in [0.2, 0.25) is 5.02 Å². The first-order valence-corrected chi connectivity index (χ1v) is 7.79. The van der Waals surface area contributed by atoms with Crippen molar-refractivity contribution in [2.75, 3.05) is 5.32 Å². The Morgan fingerprint density at radius 2 is 1.87 bits per heavy atom. The van der Waals surface area contributed by atoms with Crippen molar-refractivity contribution < 1.29 is 9.90 Å². The van der Waals surface area contributed by atoms with Crippen molar-refractivity contribution in [2.45, 2.75) is 20.3 Å². The zero-order chi connectivity index (χ0) is 17.0. The van der Waals surface area contributed by atoms with Crippen molar-refractivity contribution in [3.63, 3.8) is 0 Å². The molecule has 0 aliphatic rings. The van der Waals surface area contributed by atoms with Crippen LogP contribution in [-0.4, -0.2) is 16.1 Å². The lowest BCUT2D eigenvalue weighted by Crippen LogP contribution is -2.35. The number of carbonyl (C=O) groups excluding carboxylic acids is 1. The van der Waals surface area contributed by atoms with E-state index < -0.39 is 0 Å². The second-order valence-electron chi connectivity index (χ2n) is 5.28. The Labute approximate surface area is 145 Å². The molecule has 0 aromatic heterocycles. The third-order valence-electron chi connectivity index (χ3n) is 3.22. The number of aromatic hydroxyl groups is 1. The summed E-state index contributed by atoms with van der Waals surface area (Å²) in [7, 11) is 0. The Morgan fingerprint density at radius 1 is 1.22 bits per heavy atom. The summed E-state index contributed by atoms with van der Waals surface area (Å²) in [5.74, 6) is -0.126. The minimum Gasteiger partial charge on any atom is -0.505 e. The molecular weight excluding hydrogens is 332 g/mol. The summed E-state index contributed by atoms with van der Waals surface area (Å²) in [6, 6.07) is 10.7. The molecule has 6 heteroatoms. The van der Waals surface area contributed by atoms with E-state index in [1.165, 1.54) is 0 Å². The Hall–Kier alpha value is -2.11. The number of anilines is 1. The Morgan fingerprint density at radius 3 is 2.52 bits per heavy atom. The highest BCUT2D eigenvalue weighted by Gasteiger charge is 2.10. The Bertz CT molecular complexity index is 745. The molecule has 4 nitrogen and oxygen atoms in total. The highest BCUT2D eigenvalue weighted by atomic mass is 35.5. The highest BCUT2D eigenvalue weighted by molar-refractivity contribution is 7.80. The van der Waals surface area contributed by atoms with Gasteiger partial charge in [-0.05, 0) is 61.0 Å². The number of rotatable bonds is 3. The number of phenolic OH excluding ortho intramolecular Hbond substituents is 1. The molecule has 3 N–H and O–H groups in total. The molecule has 0 atom stereocenters. The van der Waals surface area contributed by atoms with Gasteiger partial charge in [0, 0.05) is 5.02 Å². The second kappa shape index (κ2) is 7.44. The summed E-state index contributed by atoms with van der Waals surface area (Å²) < 4.78 is 0. The predicted molar refractivity (Wildman–Crippen MR) is 97.1 cm³/mol. The number of hydrogen-bond acceptors (Lipinski definition) is 3. The molecule has 0 unspecified atom stereocenters. The third-order valence-corrected chi connectivity index (χ3v) is 3.68. The van der Waals surface area contributed by atoms with Crippen molar-refractivity contribution in [2.24, 2.45) is 0 Å². The number of nitrogens with one attached hydrogen (secondary N) is 2. The van der Waals surface area contributed by atoms with Crippen LogP contribution in [0.15, 0.2) is 36.4 Å². The van der Waals surface area contributed by atoms with E-state index in [0.29, 0.717) is 10.7 Å². The number of halogens is 1. The van der Waals surface area contributed by atoms with Crippen LogP contribution in [0.3, 0.4) is 0 Å². The zero-order valence-corrected chi connectivity index (χ0v) is 14.4. The number of benzene rings is 2. The average molecular weight is 349 g/mol. The van der Waals surface area contributed by atoms with Gasteiger partial charge in [0.2, 0.25) is 5.91 Å². The molecule has 0 radical (unpaired) electrons. The van der Waals surface area contributed by atoms with Crippen molar-refractivity contribution in [3.05, 3.63) is 58.1 Å². The number of thiocarbonyl (C=S) groups is 1. The maximum atomic E-state index is 12.0. The van der Waals surface area contributed by atoms with Crippen LogP contribution in [0.5, 0.6) is 5.75 Å². The molecule has 2 aromatic carbocycles. The molecule has 0 saturated heterocycles. The van der Waals surface area contributed by atoms with Gasteiger partial charge < -0.3 is 15.7 Å². The largest absolute Gasteiger partial charge is 0.505 e. The third kappa shape index (κ3) is 4.94. The smallest absolute Gasteiger partial charge is 0.230 e. The van der Waals surface area contributed by atoms with Gasteiger partial charge in [-0.25, -0.2) is 0 Å². The van der Waals surface area contributed by atoms with E-state index in [1.807, 2.05) is 13.0 Å². The van der Waals surface area contributed by atoms with Gasteiger partial charge in [-0.1, -0.05) is 29.8 Å². The van der Waals surface area contributed by atoms with E-state index in [4.69, 9.17) is 23.8 Å². The summed E-state index contributed by atoms with van der Waals surface area (Å²) in [5.41, 5.74) is 3.03. The number of amides is 1. The molecular formula is C17H17ClN2O2S. The molecule has 0 saturated carbocycles. The fraction of sp³-hybridized carbons (Fsp3) is 0.176. The van der Waals surface area contributed by atoms with Crippen molar-refractivity contribution in [1.29, 1.82) is 0 Å². The normalized spacial score (nSPS) is 10.2. The Kier molecular flexibility index (Phi) is 5.58. The average Bonchev–Trinajstić information content (AvgIpc) is 2.46. The summed E-state index contributed by atoms with van der Waals surface area (Å²) in [6.45, 7) is 3.72. The van der Waals surface area contributed by atoms with Crippen molar-refractivity contribution in [1.82, 2.24) is 5.32 Å². The van der Waals surface area contributed by atoms with Gasteiger partial charge in [-0.15, -0.1) is 0 Å². The topological polar surface area (TPSA) is 61.4 Å². The molecule has 0 aliphatic carbocycles. The Balaban J connectivity index is 1.97.